The highest BCUT2D eigenvalue weighted by Gasteiger charge is 2.45. The molecule has 2 aromatic heterocycles. The number of ether oxygens (including phenoxy) is 4. The van der Waals surface area contributed by atoms with E-state index in [-0.39, 0.29) is 56.9 Å². The van der Waals surface area contributed by atoms with E-state index in [2.05, 4.69) is 5.32 Å². The van der Waals surface area contributed by atoms with E-state index in [1.807, 2.05) is 0 Å². The summed E-state index contributed by atoms with van der Waals surface area (Å²) in [7, 11) is 0. The van der Waals surface area contributed by atoms with E-state index >= 15 is 0 Å². The number of aryl methyl sites for hydroxylation is 1. The molecular weight excluding hydrogens is 552 g/mol. The largest absolute Gasteiger partial charge is 0.483 e. The van der Waals surface area contributed by atoms with Gasteiger partial charge in [0.15, 0.2) is 17.1 Å². The average Bonchev–Trinajstić information content (AvgIpc) is 3.63. The van der Waals surface area contributed by atoms with Crippen LogP contribution in [0.1, 0.15) is 48.8 Å². The molecule has 0 fully saturated rings. The number of esters is 1. The Morgan fingerprint density at radius 2 is 2.05 bits per heavy atom. The molecule has 0 saturated heterocycles. The number of nitrogens with zero attached hydrogens (tertiary/aromatic N) is 2. The van der Waals surface area contributed by atoms with Crippen molar-refractivity contribution in [1.82, 2.24) is 14.9 Å². The molecule has 1 atom stereocenters. The van der Waals surface area contributed by atoms with E-state index in [0.29, 0.717) is 41.1 Å². The summed E-state index contributed by atoms with van der Waals surface area (Å²) in [6.45, 7) is -4.04. The highest BCUT2D eigenvalue weighted by molar-refractivity contribution is 5.91. The maximum absolute atomic E-state index is 13.8. The first-order chi connectivity index (χ1) is 22.2. The molecule has 42 heavy (non-hydrogen) atoms. The van der Waals surface area contributed by atoms with Crippen molar-refractivity contribution in [2.75, 3.05) is 26.7 Å². The Balaban J connectivity index is 0.00000139. The summed E-state index contributed by atoms with van der Waals surface area (Å²) in [5, 5.41) is 21.6. The Bertz CT molecular complexity index is 1830. The Kier molecular flexibility index (Phi) is 6.46. The Labute approximate surface area is 246 Å². The van der Waals surface area contributed by atoms with Crippen molar-refractivity contribution in [3.05, 3.63) is 50.8 Å². The van der Waals surface area contributed by atoms with Gasteiger partial charge in [-0.2, -0.15) is 0 Å². The van der Waals surface area contributed by atoms with E-state index in [9.17, 15) is 19.5 Å². The minimum atomic E-state index is -3.50. The minimum absolute atomic E-state index is 0.0102. The summed E-state index contributed by atoms with van der Waals surface area (Å²) >= 11 is 0. The number of carboxylic acid groups (broad SMARTS) is 1. The number of carbonyl (C=O) groups excluding carboxylic acids is 2. The van der Waals surface area contributed by atoms with Gasteiger partial charge in [0, 0.05) is 36.0 Å². The molecule has 1 amide bonds. The van der Waals surface area contributed by atoms with Gasteiger partial charge in [0.05, 0.1) is 35.6 Å². The fourth-order valence-corrected chi connectivity index (χ4v) is 5.19. The van der Waals surface area contributed by atoms with Crippen LogP contribution >= 0.6 is 0 Å². The van der Waals surface area contributed by atoms with Crippen LogP contribution < -0.4 is 26.1 Å². The first-order valence-electron chi connectivity index (χ1n) is 15.3. The second-order valence-corrected chi connectivity index (χ2v) is 9.43. The Morgan fingerprint density at radius 3 is 2.79 bits per heavy atom. The predicted octanol–water partition coefficient (Wildman–Crippen LogP) is 0.491. The van der Waals surface area contributed by atoms with Crippen molar-refractivity contribution in [1.29, 1.82) is 0 Å². The van der Waals surface area contributed by atoms with Gasteiger partial charge in [-0.3, -0.25) is 14.4 Å². The number of nitrogens with one attached hydrogen (secondary N) is 1. The van der Waals surface area contributed by atoms with Crippen LogP contribution in [-0.4, -0.2) is 64.8 Å². The first-order valence-corrected chi connectivity index (χ1v) is 12.8. The van der Waals surface area contributed by atoms with Gasteiger partial charge in [-0.05, 0) is 36.9 Å². The lowest BCUT2D eigenvalue weighted by Crippen LogP contribution is -2.44. The van der Waals surface area contributed by atoms with Crippen LogP contribution in [0.3, 0.4) is 0 Å². The zero-order chi connectivity index (χ0) is 34.3. The van der Waals surface area contributed by atoms with Crippen LogP contribution in [-0.2, 0) is 49.0 Å². The molecule has 0 aliphatic carbocycles. The highest BCUT2D eigenvalue weighted by atomic mass is 16.7. The molecule has 5 N–H and O–H groups in total. The minimum Gasteiger partial charge on any atom is -0.483 e. The number of benzene rings is 1. The quantitative estimate of drug-likeness (QED) is 0.0963. The smallest absolute Gasteiger partial charge is 0.343 e. The number of cyclic esters (lactones) is 1. The van der Waals surface area contributed by atoms with Gasteiger partial charge >= 0.3 is 5.97 Å². The fourth-order valence-electron chi connectivity index (χ4n) is 5.19. The molecule has 0 spiro atoms. The third-order valence-electron chi connectivity index (χ3n) is 7.14. The van der Waals surface area contributed by atoms with Crippen molar-refractivity contribution >= 4 is 29.3 Å². The average molecular weight is 588 g/mol. The maximum Gasteiger partial charge on any atom is 0.343 e. The monoisotopic (exact) mass is 587 g/mol. The van der Waals surface area contributed by atoms with Crippen molar-refractivity contribution in [2.45, 2.75) is 44.8 Å². The molecule has 14 nitrogen and oxygen atoms in total. The third kappa shape index (κ3) is 4.93. The lowest BCUT2D eigenvalue weighted by molar-refractivity contribution is -0.172. The summed E-state index contributed by atoms with van der Waals surface area (Å²) in [5.74, 6) is -0.859. The molecule has 5 heterocycles. The molecule has 0 bridgehead atoms. The van der Waals surface area contributed by atoms with Gasteiger partial charge in [0.2, 0.25) is 12.7 Å². The second-order valence-electron chi connectivity index (χ2n) is 9.43. The Hall–Kier alpha value is -4.53. The number of nitrogens with two attached hydrogens (primary N) is 1. The molecule has 222 valence electrons. The van der Waals surface area contributed by atoms with E-state index in [1.54, 1.807) is 12.1 Å². The van der Waals surface area contributed by atoms with Crippen LogP contribution in [0, 0.1) is 0 Å². The number of carbonyl (C=O) groups is 3. The van der Waals surface area contributed by atoms with Crippen LogP contribution in [0.2, 0.25) is 0 Å². The van der Waals surface area contributed by atoms with Crippen LogP contribution in [0.4, 0.5) is 0 Å². The number of hydrogen-bond acceptors (Lipinski definition) is 11. The normalized spacial score (nSPS) is 19.9. The van der Waals surface area contributed by atoms with Gasteiger partial charge in [-0.15, -0.1) is 0 Å². The van der Waals surface area contributed by atoms with Crippen LogP contribution in [0.15, 0.2) is 23.0 Å². The number of hydrogen-bond donors (Lipinski definition) is 4. The standard InChI is InChI=1S/C27H28N4O8.CH2O2/c1-2-27(35)18-7-20-24-16(10-31(20)25(33)17(18)11-37-26(27)34)14(4-3-5-36-12-29-23(32)9-28)15-6-21-22(39-13-38-21)8-19(15)30-24;2-1-3/h6-8,35H,2-5,9-13,28H2,1H3,(H,29,32);1H,(H,2,3)/t27-;/m0./s1/i1D3,2D2;. The van der Waals surface area contributed by atoms with E-state index in [4.69, 9.17) is 46.4 Å². The van der Waals surface area contributed by atoms with Gasteiger partial charge in [-0.25, -0.2) is 9.78 Å². The van der Waals surface area contributed by atoms with Gasteiger partial charge < -0.3 is 44.8 Å². The number of fused-ring (bicyclic) bond motifs is 6. The lowest BCUT2D eigenvalue weighted by Gasteiger charge is -2.31. The molecule has 0 radical (unpaired) electrons. The third-order valence-corrected chi connectivity index (χ3v) is 7.14. The zero-order valence-corrected chi connectivity index (χ0v) is 22.1. The number of aliphatic hydroxyl groups is 1. The molecule has 14 heteroatoms. The molecule has 1 aromatic carbocycles. The fraction of sp³-hybridized carbons (Fsp3) is 0.393. The topological polar surface area (TPSA) is 202 Å². The molecule has 3 aliphatic rings. The second kappa shape index (κ2) is 11.8. The Morgan fingerprint density at radius 1 is 1.29 bits per heavy atom. The molecule has 0 saturated carbocycles. The number of amides is 1. The molecule has 6 rings (SSSR count). The zero-order valence-electron chi connectivity index (χ0n) is 27.1. The van der Waals surface area contributed by atoms with Gasteiger partial charge in [0.25, 0.3) is 12.0 Å². The first kappa shape index (κ1) is 23.1. The van der Waals surface area contributed by atoms with Crippen molar-refractivity contribution in [2.24, 2.45) is 5.73 Å². The maximum atomic E-state index is 13.8. The van der Waals surface area contributed by atoms with Gasteiger partial charge in [0.1, 0.15) is 13.3 Å². The number of pyridine rings is 2. The molecular formula is C28H30N4O10. The summed E-state index contributed by atoms with van der Waals surface area (Å²) in [6.07, 6.45) is -2.52. The van der Waals surface area contributed by atoms with Crippen molar-refractivity contribution < 1.29 is 50.4 Å². The molecule has 3 aliphatic heterocycles. The van der Waals surface area contributed by atoms with E-state index < -0.39 is 42.5 Å². The number of aromatic nitrogens is 2. The molecule has 0 unspecified atom stereocenters. The molecule has 3 aromatic rings. The summed E-state index contributed by atoms with van der Waals surface area (Å²) in [4.78, 5) is 51.2. The van der Waals surface area contributed by atoms with Crippen molar-refractivity contribution in [3.63, 3.8) is 0 Å². The summed E-state index contributed by atoms with van der Waals surface area (Å²) in [5.41, 5.74) is 3.14. The predicted molar refractivity (Wildman–Crippen MR) is 146 cm³/mol. The van der Waals surface area contributed by atoms with E-state index in [1.165, 1.54) is 10.6 Å². The lowest BCUT2D eigenvalue weighted by atomic mass is 9.86. The number of rotatable bonds is 8. The van der Waals surface area contributed by atoms with Gasteiger partial charge in [-0.1, -0.05) is 6.85 Å². The van der Waals surface area contributed by atoms with Crippen LogP contribution in [0.5, 0.6) is 11.5 Å². The summed E-state index contributed by atoms with van der Waals surface area (Å²) in [6, 6.07) is 4.75. The highest BCUT2D eigenvalue weighted by Crippen LogP contribution is 2.43. The van der Waals surface area contributed by atoms with E-state index in [0.717, 1.165) is 10.9 Å². The van der Waals surface area contributed by atoms with Crippen LogP contribution in [0.25, 0.3) is 22.3 Å². The van der Waals surface area contributed by atoms with Crippen molar-refractivity contribution in [3.8, 4) is 22.9 Å². The summed E-state index contributed by atoms with van der Waals surface area (Å²) < 4.78 is 62.6. The SMILES string of the molecule is O=CO.[2H]C([2H])([2H])C([2H])([2H])[C@@]1(O)C(=O)OCc2c1cc1n(c2=O)Cc2c-1nc1cc3c(cc1c2CCCOCNC(=O)CN)OCO3.